The molecule has 0 radical (unpaired) electrons. The molecule has 0 aromatic rings. The van der Waals surface area contributed by atoms with Crippen LogP contribution in [-0.4, -0.2) is 36.0 Å². The fraction of sp³-hybridized carbons (Fsp3) is 0.929. The van der Waals surface area contributed by atoms with Gasteiger partial charge in [-0.1, -0.05) is 26.7 Å². The molecule has 0 aromatic heterocycles. The second-order valence-electron chi connectivity index (χ2n) is 5.75. The van der Waals surface area contributed by atoms with Crippen LogP contribution in [0, 0.1) is 5.92 Å². The molecule has 1 heterocycles. The molecule has 1 saturated carbocycles. The lowest BCUT2D eigenvalue weighted by Gasteiger charge is -2.34. The van der Waals surface area contributed by atoms with Gasteiger partial charge in [0, 0.05) is 12.6 Å². The van der Waals surface area contributed by atoms with Gasteiger partial charge in [-0.15, -0.1) is 0 Å². The molecule has 0 aromatic carbocycles. The summed E-state index contributed by atoms with van der Waals surface area (Å²) in [6.45, 7) is 6.40. The molecule has 0 bridgehead atoms. The van der Waals surface area contributed by atoms with Crippen LogP contribution in [0.4, 0.5) is 0 Å². The van der Waals surface area contributed by atoms with Gasteiger partial charge in [0.15, 0.2) is 0 Å². The lowest BCUT2D eigenvalue weighted by atomic mass is 9.86. The monoisotopic (exact) mass is 238 g/mol. The molecule has 1 amide bonds. The Morgan fingerprint density at radius 1 is 1.35 bits per heavy atom. The number of amides is 1. The lowest BCUT2D eigenvalue weighted by Crippen LogP contribution is -2.44. The first-order chi connectivity index (χ1) is 8.22. The van der Waals surface area contributed by atoms with Crippen LogP contribution in [0.25, 0.3) is 0 Å². The van der Waals surface area contributed by atoms with Gasteiger partial charge in [-0.25, -0.2) is 0 Å². The van der Waals surface area contributed by atoms with E-state index in [1.807, 2.05) is 0 Å². The molecule has 2 rings (SSSR count). The van der Waals surface area contributed by atoms with E-state index >= 15 is 0 Å². The minimum absolute atomic E-state index is 0.104. The van der Waals surface area contributed by atoms with Crippen LogP contribution in [0.5, 0.6) is 0 Å². The van der Waals surface area contributed by atoms with Gasteiger partial charge in [-0.05, 0) is 38.1 Å². The van der Waals surface area contributed by atoms with E-state index < -0.39 is 0 Å². The van der Waals surface area contributed by atoms with Crippen molar-refractivity contribution in [3.8, 4) is 0 Å². The number of hydrogen-bond acceptors (Lipinski definition) is 2. The fourth-order valence-electron chi connectivity index (χ4n) is 3.26. The summed E-state index contributed by atoms with van der Waals surface area (Å²) < 4.78 is 0. The van der Waals surface area contributed by atoms with E-state index in [2.05, 4.69) is 24.1 Å². The van der Waals surface area contributed by atoms with Crippen LogP contribution in [0.2, 0.25) is 0 Å². The number of nitrogens with zero attached hydrogens (tertiary/aromatic N) is 1. The molecule has 98 valence electrons. The average Bonchev–Trinajstić information content (AvgIpc) is 2.68. The van der Waals surface area contributed by atoms with E-state index in [0.29, 0.717) is 11.9 Å². The first-order valence-electron chi connectivity index (χ1n) is 7.26. The summed E-state index contributed by atoms with van der Waals surface area (Å²) in [5, 5.41) is 3.37. The highest BCUT2D eigenvalue weighted by Gasteiger charge is 2.36. The predicted octanol–water partition coefficient (Wildman–Crippen LogP) is 2.17. The van der Waals surface area contributed by atoms with Crippen molar-refractivity contribution in [2.45, 2.75) is 64.5 Å². The Morgan fingerprint density at radius 2 is 2.18 bits per heavy atom. The zero-order valence-electron chi connectivity index (χ0n) is 11.2. The zero-order valence-corrected chi connectivity index (χ0v) is 11.2. The summed E-state index contributed by atoms with van der Waals surface area (Å²) in [6.07, 6.45) is 7.18. The molecule has 1 saturated heterocycles. The summed E-state index contributed by atoms with van der Waals surface area (Å²) in [7, 11) is 0. The first kappa shape index (κ1) is 12.9. The minimum atomic E-state index is 0.104. The second kappa shape index (κ2) is 5.85. The van der Waals surface area contributed by atoms with Crippen molar-refractivity contribution in [3.05, 3.63) is 0 Å². The molecule has 0 spiro atoms. The highest BCUT2D eigenvalue weighted by Crippen LogP contribution is 2.29. The van der Waals surface area contributed by atoms with Crippen molar-refractivity contribution >= 4 is 5.91 Å². The zero-order chi connectivity index (χ0) is 12.3. The topological polar surface area (TPSA) is 32.3 Å². The van der Waals surface area contributed by atoms with E-state index in [9.17, 15) is 4.79 Å². The average molecular weight is 238 g/mol. The van der Waals surface area contributed by atoms with Crippen LogP contribution in [0.15, 0.2) is 0 Å². The molecule has 1 aliphatic heterocycles. The van der Waals surface area contributed by atoms with E-state index in [1.54, 1.807) is 0 Å². The Kier molecular flexibility index (Phi) is 4.43. The van der Waals surface area contributed by atoms with Crippen LogP contribution in [0.1, 0.15) is 52.4 Å². The summed E-state index contributed by atoms with van der Waals surface area (Å²) in [4.78, 5) is 14.4. The van der Waals surface area contributed by atoms with Crippen molar-refractivity contribution in [3.63, 3.8) is 0 Å². The van der Waals surface area contributed by atoms with Crippen molar-refractivity contribution in [1.82, 2.24) is 10.2 Å². The number of carbonyl (C=O) groups excluding carboxylic acids is 1. The van der Waals surface area contributed by atoms with Crippen LogP contribution >= 0.6 is 0 Å². The molecule has 1 aliphatic carbocycles. The molecule has 17 heavy (non-hydrogen) atoms. The molecule has 3 heteroatoms. The van der Waals surface area contributed by atoms with Gasteiger partial charge in [0.05, 0.1) is 6.04 Å². The summed E-state index contributed by atoms with van der Waals surface area (Å²) in [5.41, 5.74) is 0. The Hall–Kier alpha value is -0.570. The standard InChI is InChI=1S/C14H26N2O/c1-3-8-15-13-7-9-16(14(13)17)12-6-4-5-11(2)10-12/h11-13,15H,3-10H2,1-2H3. The van der Waals surface area contributed by atoms with Crippen molar-refractivity contribution in [2.75, 3.05) is 13.1 Å². The van der Waals surface area contributed by atoms with E-state index in [0.717, 1.165) is 31.8 Å². The van der Waals surface area contributed by atoms with Crippen LogP contribution in [-0.2, 0) is 4.79 Å². The predicted molar refractivity (Wildman–Crippen MR) is 69.8 cm³/mol. The molecule has 2 aliphatic rings. The number of nitrogens with one attached hydrogen (secondary N) is 1. The Labute approximate surface area is 105 Å². The van der Waals surface area contributed by atoms with Crippen LogP contribution in [0.3, 0.4) is 0 Å². The van der Waals surface area contributed by atoms with Gasteiger partial charge >= 0.3 is 0 Å². The molecule has 1 N–H and O–H groups in total. The smallest absolute Gasteiger partial charge is 0.240 e. The summed E-state index contributed by atoms with van der Waals surface area (Å²) in [6, 6.07) is 0.631. The van der Waals surface area contributed by atoms with Crippen molar-refractivity contribution in [2.24, 2.45) is 5.92 Å². The van der Waals surface area contributed by atoms with Crippen molar-refractivity contribution < 1.29 is 4.79 Å². The van der Waals surface area contributed by atoms with Gasteiger partial charge in [0.25, 0.3) is 0 Å². The number of rotatable bonds is 4. The lowest BCUT2D eigenvalue weighted by molar-refractivity contribution is -0.132. The Bertz CT molecular complexity index is 267. The molecule has 3 unspecified atom stereocenters. The normalized spacial score (nSPS) is 34.4. The Morgan fingerprint density at radius 3 is 2.88 bits per heavy atom. The van der Waals surface area contributed by atoms with Gasteiger partial charge in [-0.2, -0.15) is 0 Å². The summed E-state index contributed by atoms with van der Waals surface area (Å²) in [5.74, 6) is 1.15. The highest BCUT2D eigenvalue weighted by molar-refractivity contribution is 5.84. The maximum absolute atomic E-state index is 12.3. The second-order valence-corrected chi connectivity index (χ2v) is 5.75. The van der Waals surface area contributed by atoms with Gasteiger partial charge in [0.1, 0.15) is 0 Å². The highest BCUT2D eigenvalue weighted by atomic mass is 16.2. The number of carbonyl (C=O) groups is 1. The maximum Gasteiger partial charge on any atom is 0.240 e. The summed E-state index contributed by atoms with van der Waals surface area (Å²) >= 11 is 0. The quantitative estimate of drug-likeness (QED) is 0.814. The van der Waals surface area contributed by atoms with Gasteiger partial charge < -0.3 is 10.2 Å². The third kappa shape index (κ3) is 3.01. The largest absolute Gasteiger partial charge is 0.338 e. The molecular weight excluding hydrogens is 212 g/mol. The molecule has 2 fully saturated rings. The minimum Gasteiger partial charge on any atom is -0.338 e. The van der Waals surface area contributed by atoms with E-state index in [1.165, 1.54) is 25.7 Å². The van der Waals surface area contributed by atoms with Gasteiger partial charge in [0.2, 0.25) is 5.91 Å². The fourth-order valence-corrected chi connectivity index (χ4v) is 3.26. The Balaban J connectivity index is 1.88. The van der Waals surface area contributed by atoms with Gasteiger partial charge in [-0.3, -0.25) is 4.79 Å². The van der Waals surface area contributed by atoms with E-state index in [4.69, 9.17) is 0 Å². The third-order valence-electron chi connectivity index (χ3n) is 4.23. The third-order valence-corrected chi connectivity index (χ3v) is 4.23. The molecular formula is C14H26N2O. The first-order valence-corrected chi connectivity index (χ1v) is 7.26. The number of likely N-dealkylation sites (tertiary alicyclic amines) is 1. The number of hydrogen-bond donors (Lipinski definition) is 1. The maximum atomic E-state index is 12.3. The van der Waals surface area contributed by atoms with E-state index in [-0.39, 0.29) is 6.04 Å². The molecule has 3 atom stereocenters. The molecule has 3 nitrogen and oxygen atoms in total. The SMILES string of the molecule is CCCNC1CCN(C2CCCC(C)C2)C1=O. The van der Waals surface area contributed by atoms with Crippen LogP contribution < -0.4 is 5.32 Å². The van der Waals surface area contributed by atoms with Crippen molar-refractivity contribution in [1.29, 1.82) is 0 Å².